The van der Waals surface area contributed by atoms with Gasteiger partial charge in [0, 0.05) is 11.3 Å². The predicted molar refractivity (Wildman–Crippen MR) is 139 cm³/mol. The Morgan fingerprint density at radius 2 is 1.51 bits per heavy atom. The van der Waals surface area contributed by atoms with Gasteiger partial charge in [0.1, 0.15) is 0 Å². The molecule has 0 bridgehead atoms. The maximum Gasteiger partial charge on any atom is 0.513 e. The van der Waals surface area contributed by atoms with Crippen molar-refractivity contribution in [3.05, 3.63) is 70.8 Å². The summed E-state index contributed by atoms with van der Waals surface area (Å²) in [4.78, 5) is 40.6. The van der Waals surface area contributed by atoms with Crippen LogP contribution < -0.4 is 9.64 Å². The van der Waals surface area contributed by atoms with Crippen LogP contribution in [0.15, 0.2) is 48.5 Å². The SMILES string of the molecule is CCCCCCc1c2ccc(CS)ccc-2c(OC(=O)OCC)c1N1C(=O)c2ccccc2C1=O. The topological polar surface area (TPSA) is 72.9 Å². The normalized spacial score (nSPS) is 12.8. The molecule has 0 spiro atoms. The summed E-state index contributed by atoms with van der Waals surface area (Å²) in [7, 11) is 0. The van der Waals surface area contributed by atoms with Crippen molar-refractivity contribution >= 4 is 36.3 Å². The molecule has 1 heterocycles. The van der Waals surface area contributed by atoms with E-state index in [4.69, 9.17) is 9.47 Å². The molecule has 0 saturated heterocycles. The molecule has 182 valence electrons. The number of benzene rings is 1. The lowest BCUT2D eigenvalue weighted by Gasteiger charge is -2.18. The van der Waals surface area contributed by atoms with Gasteiger partial charge in [-0.05, 0) is 48.6 Å². The van der Waals surface area contributed by atoms with Gasteiger partial charge in [-0.15, -0.1) is 0 Å². The van der Waals surface area contributed by atoms with Crippen LogP contribution in [-0.2, 0) is 16.9 Å². The number of hydrogen-bond donors (Lipinski definition) is 1. The molecule has 2 aliphatic carbocycles. The quantitative estimate of drug-likeness (QED) is 0.156. The summed E-state index contributed by atoms with van der Waals surface area (Å²) in [6.07, 6.45) is 3.82. The molecule has 0 unspecified atom stereocenters. The summed E-state index contributed by atoms with van der Waals surface area (Å²) in [6.45, 7) is 3.97. The van der Waals surface area contributed by atoms with Crippen LogP contribution in [0.4, 0.5) is 10.5 Å². The van der Waals surface area contributed by atoms with Gasteiger partial charge in [-0.2, -0.15) is 12.6 Å². The summed E-state index contributed by atoms with van der Waals surface area (Å²) >= 11 is 4.39. The summed E-state index contributed by atoms with van der Waals surface area (Å²) in [5, 5.41) is 0. The summed E-state index contributed by atoms with van der Waals surface area (Å²) < 4.78 is 10.8. The molecule has 0 radical (unpaired) electrons. The lowest BCUT2D eigenvalue weighted by molar-refractivity contribution is 0.0915. The number of anilines is 1. The average Bonchev–Trinajstić information content (AvgIpc) is 3.15. The third-order valence-corrected chi connectivity index (χ3v) is 6.58. The number of rotatable bonds is 9. The monoisotopic (exact) mass is 491 g/mol. The van der Waals surface area contributed by atoms with E-state index in [0.717, 1.165) is 47.3 Å². The molecule has 1 aromatic carbocycles. The van der Waals surface area contributed by atoms with E-state index in [9.17, 15) is 14.4 Å². The molecule has 0 aromatic heterocycles. The fraction of sp³-hybridized carbons (Fsp3) is 0.321. The number of amides is 2. The Bertz CT molecular complexity index is 1200. The smallest absolute Gasteiger partial charge is 0.434 e. The van der Waals surface area contributed by atoms with Gasteiger partial charge in [-0.1, -0.05) is 62.6 Å². The molecule has 4 rings (SSSR count). The molecule has 0 fully saturated rings. The highest BCUT2D eigenvalue weighted by Gasteiger charge is 2.42. The van der Waals surface area contributed by atoms with Gasteiger partial charge in [0.05, 0.1) is 23.4 Å². The van der Waals surface area contributed by atoms with Crippen molar-refractivity contribution in [2.75, 3.05) is 11.5 Å². The molecular weight excluding hydrogens is 462 g/mol. The second-order valence-corrected chi connectivity index (χ2v) is 8.79. The van der Waals surface area contributed by atoms with E-state index >= 15 is 0 Å². The van der Waals surface area contributed by atoms with Crippen LogP contribution in [0.2, 0.25) is 0 Å². The first kappa shape index (κ1) is 24.8. The molecule has 2 amide bonds. The number of nitrogens with zero attached hydrogens (tertiary/aromatic N) is 1. The Hall–Kier alpha value is -3.32. The fourth-order valence-electron chi connectivity index (χ4n) is 4.52. The molecule has 1 aliphatic heterocycles. The number of ether oxygens (including phenoxy) is 2. The Morgan fingerprint density at radius 1 is 0.857 bits per heavy atom. The highest BCUT2D eigenvalue weighted by atomic mass is 32.1. The maximum atomic E-state index is 13.5. The summed E-state index contributed by atoms with van der Waals surface area (Å²) in [5.41, 5.74) is 4.28. The second-order valence-electron chi connectivity index (χ2n) is 8.47. The summed E-state index contributed by atoms with van der Waals surface area (Å²) in [6, 6.07) is 14.4. The first-order chi connectivity index (χ1) is 17.0. The minimum atomic E-state index is -0.879. The number of unbranched alkanes of at least 4 members (excludes halogenated alkanes) is 3. The number of carbonyl (C=O) groups is 3. The molecule has 0 saturated carbocycles. The predicted octanol–water partition coefficient (Wildman–Crippen LogP) is 6.68. The van der Waals surface area contributed by atoms with Gasteiger partial charge in [0.15, 0.2) is 5.75 Å². The first-order valence-electron chi connectivity index (χ1n) is 12.0. The highest BCUT2D eigenvalue weighted by Crippen LogP contribution is 2.51. The zero-order valence-corrected chi connectivity index (χ0v) is 20.9. The largest absolute Gasteiger partial charge is 0.513 e. The third kappa shape index (κ3) is 4.78. The minimum absolute atomic E-state index is 0.140. The Balaban J connectivity index is 1.93. The van der Waals surface area contributed by atoms with Gasteiger partial charge >= 0.3 is 6.16 Å². The number of thiol groups is 1. The molecule has 7 heteroatoms. The maximum absolute atomic E-state index is 13.5. The Labute approximate surface area is 211 Å². The lowest BCUT2D eigenvalue weighted by Crippen LogP contribution is -2.30. The van der Waals surface area contributed by atoms with Crippen LogP contribution in [0.25, 0.3) is 11.1 Å². The van der Waals surface area contributed by atoms with Gasteiger partial charge < -0.3 is 9.47 Å². The number of hydrogen-bond acceptors (Lipinski definition) is 6. The van der Waals surface area contributed by atoms with E-state index < -0.39 is 18.0 Å². The Morgan fingerprint density at radius 3 is 2.11 bits per heavy atom. The van der Waals surface area contributed by atoms with E-state index in [1.807, 2.05) is 24.3 Å². The van der Waals surface area contributed by atoms with Gasteiger partial charge in [-0.3, -0.25) is 9.59 Å². The van der Waals surface area contributed by atoms with E-state index in [2.05, 4.69) is 19.6 Å². The van der Waals surface area contributed by atoms with Crippen LogP contribution in [0.5, 0.6) is 5.75 Å². The van der Waals surface area contributed by atoms with Crippen LogP contribution in [0.3, 0.4) is 0 Å². The highest BCUT2D eigenvalue weighted by molar-refractivity contribution is 7.79. The molecule has 0 N–H and O–H groups in total. The molecule has 0 atom stereocenters. The second kappa shape index (κ2) is 11.0. The van der Waals surface area contributed by atoms with Crippen molar-refractivity contribution in [2.45, 2.75) is 51.7 Å². The van der Waals surface area contributed by atoms with Crippen molar-refractivity contribution in [1.82, 2.24) is 0 Å². The summed E-state index contributed by atoms with van der Waals surface area (Å²) in [5.74, 6) is -0.142. The van der Waals surface area contributed by atoms with Crippen LogP contribution in [0.1, 0.15) is 71.4 Å². The fourth-order valence-corrected chi connectivity index (χ4v) is 4.73. The number of carbonyl (C=O) groups excluding carboxylic acids is 3. The van der Waals surface area contributed by atoms with Crippen molar-refractivity contribution in [3.8, 4) is 16.9 Å². The number of fused-ring (bicyclic) bond motifs is 2. The van der Waals surface area contributed by atoms with Crippen molar-refractivity contribution in [3.63, 3.8) is 0 Å². The van der Waals surface area contributed by atoms with E-state index in [1.165, 1.54) is 0 Å². The average molecular weight is 492 g/mol. The minimum Gasteiger partial charge on any atom is -0.434 e. The van der Waals surface area contributed by atoms with Crippen LogP contribution >= 0.6 is 12.6 Å². The molecule has 35 heavy (non-hydrogen) atoms. The lowest BCUT2D eigenvalue weighted by atomic mass is 10.0. The van der Waals surface area contributed by atoms with Crippen LogP contribution in [-0.4, -0.2) is 24.6 Å². The molecule has 3 aliphatic rings. The zero-order valence-electron chi connectivity index (χ0n) is 20.0. The van der Waals surface area contributed by atoms with E-state index in [0.29, 0.717) is 34.6 Å². The van der Waals surface area contributed by atoms with Crippen molar-refractivity contribution in [2.24, 2.45) is 0 Å². The van der Waals surface area contributed by atoms with Gasteiger partial charge in [-0.25, -0.2) is 9.69 Å². The third-order valence-electron chi connectivity index (χ3n) is 6.22. The molecule has 6 nitrogen and oxygen atoms in total. The first-order valence-corrected chi connectivity index (χ1v) is 12.7. The van der Waals surface area contributed by atoms with Crippen LogP contribution in [0, 0.1) is 0 Å². The van der Waals surface area contributed by atoms with Crippen molar-refractivity contribution < 1.29 is 23.9 Å². The standard InChI is InChI=1S/C28H29NO5S/c1-3-5-6-7-10-20-19-15-13-18(17-35)14-16-21(19)25(34-28(32)33-4-2)24(20)29-26(30)22-11-8-9-12-23(22)27(29)31/h8-9,11-16,35H,3-7,10,17H2,1-2H3. The van der Waals surface area contributed by atoms with E-state index in [-0.39, 0.29) is 12.4 Å². The molecular formula is C28H29NO5S. The van der Waals surface area contributed by atoms with Gasteiger partial charge in [0.25, 0.3) is 11.8 Å². The number of imide groups is 1. The zero-order chi connectivity index (χ0) is 24.9. The van der Waals surface area contributed by atoms with Gasteiger partial charge in [0.2, 0.25) is 0 Å². The molecule has 1 aromatic rings. The van der Waals surface area contributed by atoms with Crippen molar-refractivity contribution in [1.29, 1.82) is 0 Å². The van der Waals surface area contributed by atoms with E-state index in [1.54, 1.807) is 31.2 Å². The Kier molecular flexibility index (Phi) is 7.76.